The van der Waals surface area contributed by atoms with E-state index in [1.165, 1.54) is 38.5 Å². The molecule has 0 heterocycles. The van der Waals surface area contributed by atoms with Crippen LogP contribution in [0.2, 0.25) is 0 Å². The molecule has 2 rings (SSSR count). The Bertz CT molecular complexity index is 712. The van der Waals surface area contributed by atoms with E-state index in [9.17, 15) is 14.4 Å². The van der Waals surface area contributed by atoms with E-state index in [1.54, 1.807) is 17.8 Å². The van der Waals surface area contributed by atoms with Gasteiger partial charge in [-0.15, -0.1) is 13.2 Å². The highest BCUT2D eigenvalue weighted by atomic mass is 32.2. The van der Waals surface area contributed by atoms with E-state index in [2.05, 4.69) is 18.5 Å². The van der Waals surface area contributed by atoms with Crippen LogP contribution < -0.4 is 5.32 Å². The Kier molecular flexibility index (Phi) is 16.2. The number of carbonyl (C=O) groups is 3. The van der Waals surface area contributed by atoms with Crippen molar-refractivity contribution in [2.75, 3.05) is 24.7 Å². The zero-order chi connectivity index (χ0) is 26.9. The number of allylic oxidation sites excluding steroid dienone is 2. The highest BCUT2D eigenvalue weighted by Gasteiger charge is 2.32. The Balaban J connectivity index is 2.02. The molecule has 2 fully saturated rings. The van der Waals surface area contributed by atoms with Crippen molar-refractivity contribution >= 4 is 29.3 Å². The summed E-state index contributed by atoms with van der Waals surface area (Å²) in [5, 5.41) is 3.44. The fourth-order valence-corrected chi connectivity index (χ4v) is 7.34. The monoisotopic (exact) mass is 533 g/mol. The molecule has 0 amide bonds. The van der Waals surface area contributed by atoms with Crippen LogP contribution in [0.25, 0.3) is 0 Å². The summed E-state index contributed by atoms with van der Waals surface area (Å²) < 4.78 is 5.39. The topological polar surface area (TPSA) is 72.5 Å². The molecule has 3 unspecified atom stereocenters. The standard InChI is InChI=1S/C31H51NO4S/c1-4-7-19-29(33)26(24-15-11-9-12-16-24)21-32-28(31(35)36-6-3)23-37-22-27(30(34)20-8-5-2)25-17-13-10-14-18-25/h4-5,24-28,32H,1-2,6-23H2,3H3. The second-order valence-corrected chi connectivity index (χ2v) is 11.9. The van der Waals surface area contributed by atoms with E-state index >= 15 is 0 Å². The summed E-state index contributed by atoms with van der Waals surface area (Å²) in [5.41, 5.74) is 0. The number of hydrogen-bond donors (Lipinski definition) is 1. The molecule has 210 valence electrons. The number of ketones is 2. The van der Waals surface area contributed by atoms with Gasteiger partial charge in [-0.3, -0.25) is 14.4 Å². The van der Waals surface area contributed by atoms with E-state index in [0.717, 1.165) is 37.9 Å². The van der Waals surface area contributed by atoms with Crippen LogP contribution in [0.15, 0.2) is 25.3 Å². The van der Waals surface area contributed by atoms with Crippen LogP contribution in [0.5, 0.6) is 0 Å². The third-order valence-corrected chi connectivity index (χ3v) is 9.36. The molecule has 0 saturated heterocycles. The van der Waals surface area contributed by atoms with Crippen molar-refractivity contribution in [3.8, 4) is 0 Å². The van der Waals surface area contributed by atoms with Crippen LogP contribution in [0.1, 0.15) is 96.8 Å². The molecular formula is C31H51NO4S. The van der Waals surface area contributed by atoms with Crippen molar-refractivity contribution in [3.05, 3.63) is 25.3 Å². The lowest BCUT2D eigenvalue weighted by atomic mass is 9.77. The third kappa shape index (κ3) is 11.5. The Hall–Kier alpha value is -1.40. The summed E-state index contributed by atoms with van der Waals surface area (Å²) in [6.45, 7) is 10.2. The van der Waals surface area contributed by atoms with Gasteiger partial charge in [0.25, 0.3) is 0 Å². The van der Waals surface area contributed by atoms with E-state index < -0.39 is 6.04 Å². The van der Waals surface area contributed by atoms with Gasteiger partial charge in [-0.1, -0.05) is 50.7 Å². The normalized spacial score (nSPS) is 19.5. The number of Topliss-reactive ketones (excluding diaryl/α,β-unsaturated/α-hetero) is 2. The highest BCUT2D eigenvalue weighted by Crippen LogP contribution is 2.34. The molecule has 5 nitrogen and oxygen atoms in total. The summed E-state index contributed by atoms with van der Waals surface area (Å²) in [6, 6.07) is -0.474. The third-order valence-electron chi connectivity index (χ3n) is 8.19. The lowest BCUT2D eigenvalue weighted by Crippen LogP contribution is -2.45. The molecule has 0 bridgehead atoms. The Morgan fingerprint density at radius 3 is 1.86 bits per heavy atom. The van der Waals surface area contributed by atoms with Crippen molar-refractivity contribution in [1.82, 2.24) is 5.32 Å². The maximum Gasteiger partial charge on any atom is 0.323 e. The summed E-state index contributed by atoms with van der Waals surface area (Å²) in [5.74, 6) is 2.45. The van der Waals surface area contributed by atoms with Gasteiger partial charge in [0.05, 0.1) is 6.61 Å². The largest absolute Gasteiger partial charge is 0.465 e. The molecule has 3 atom stereocenters. The van der Waals surface area contributed by atoms with Gasteiger partial charge in [-0.05, 0) is 57.3 Å². The van der Waals surface area contributed by atoms with Gasteiger partial charge in [0.15, 0.2) is 0 Å². The minimum atomic E-state index is -0.474. The minimum absolute atomic E-state index is 0.0450. The van der Waals surface area contributed by atoms with E-state index in [1.807, 2.05) is 13.0 Å². The molecule has 2 aliphatic carbocycles. The average Bonchev–Trinajstić information content (AvgIpc) is 2.93. The van der Waals surface area contributed by atoms with Gasteiger partial charge in [-0.2, -0.15) is 11.8 Å². The Morgan fingerprint density at radius 2 is 1.35 bits per heavy atom. The zero-order valence-electron chi connectivity index (χ0n) is 23.2. The molecule has 0 aromatic carbocycles. The summed E-state index contributed by atoms with van der Waals surface area (Å²) in [6.07, 6.45) is 17.8. The maximum atomic E-state index is 13.1. The minimum Gasteiger partial charge on any atom is -0.465 e. The first-order valence-corrected chi connectivity index (χ1v) is 15.9. The van der Waals surface area contributed by atoms with Crippen molar-refractivity contribution in [2.24, 2.45) is 23.7 Å². The molecule has 37 heavy (non-hydrogen) atoms. The van der Waals surface area contributed by atoms with Crippen molar-refractivity contribution in [1.29, 1.82) is 0 Å². The summed E-state index contributed by atoms with van der Waals surface area (Å²) in [4.78, 5) is 39.0. The van der Waals surface area contributed by atoms with Gasteiger partial charge in [-0.25, -0.2) is 0 Å². The molecule has 1 N–H and O–H groups in total. The fraction of sp³-hybridized carbons (Fsp3) is 0.774. The molecular weight excluding hydrogens is 482 g/mol. The first-order chi connectivity index (χ1) is 18.0. The second kappa shape index (κ2) is 18.8. The van der Waals surface area contributed by atoms with Crippen molar-refractivity contribution in [2.45, 2.75) is 103 Å². The van der Waals surface area contributed by atoms with Gasteiger partial charge < -0.3 is 10.1 Å². The number of carbonyl (C=O) groups excluding carboxylic acids is 3. The zero-order valence-corrected chi connectivity index (χ0v) is 24.0. The van der Waals surface area contributed by atoms with Crippen molar-refractivity contribution in [3.63, 3.8) is 0 Å². The predicted octanol–water partition coefficient (Wildman–Crippen LogP) is 6.70. The molecule has 2 aliphatic rings. The van der Waals surface area contributed by atoms with E-state index in [4.69, 9.17) is 4.74 Å². The SMILES string of the molecule is C=CCCC(=O)C(CNC(CSCC(C(=O)CCC=C)C1CCCCC1)C(=O)OCC)C1CCCCC1. The summed E-state index contributed by atoms with van der Waals surface area (Å²) in [7, 11) is 0. The molecule has 0 spiro atoms. The molecule has 2 saturated carbocycles. The van der Waals surface area contributed by atoms with E-state index in [-0.39, 0.29) is 23.6 Å². The first kappa shape index (κ1) is 31.8. The van der Waals surface area contributed by atoms with Crippen LogP contribution in [0.4, 0.5) is 0 Å². The average molecular weight is 534 g/mol. The Morgan fingerprint density at radius 1 is 0.838 bits per heavy atom. The predicted molar refractivity (Wildman–Crippen MR) is 155 cm³/mol. The number of rotatable bonds is 19. The van der Waals surface area contributed by atoms with Crippen LogP contribution >= 0.6 is 11.8 Å². The smallest absolute Gasteiger partial charge is 0.323 e. The van der Waals surface area contributed by atoms with Gasteiger partial charge in [0, 0.05) is 42.7 Å². The molecule has 0 aromatic heterocycles. The fourth-order valence-electron chi connectivity index (χ4n) is 6.00. The van der Waals surface area contributed by atoms with Crippen LogP contribution in [-0.4, -0.2) is 48.2 Å². The number of esters is 1. The molecule has 0 aliphatic heterocycles. The molecule has 6 heteroatoms. The highest BCUT2D eigenvalue weighted by molar-refractivity contribution is 7.99. The Labute approximate surface area is 230 Å². The molecule has 0 radical (unpaired) electrons. The van der Waals surface area contributed by atoms with Crippen molar-refractivity contribution < 1.29 is 19.1 Å². The van der Waals surface area contributed by atoms with Crippen LogP contribution in [0.3, 0.4) is 0 Å². The number of ether oxygens (including phenoxy) is 1. The van der Waals surface area contributed by atoms with Gasteiger partial charge >= 0.3 is 5.97 Å². The lowest BCUT2D eigenvalue weighted by molar-refractivity contribution is -0.145. The maximum absolute atomic E-state index is 13.1. The second-order valence-electron chi connectivity index (χ2n) is 10.8. The van der Waals surface area contributed by atoms with Crippen LogP contribution in [-0.2, 0) is 19.1 Å². The number of nitrogens with one attached hydrogen (secondary N) is 1. The number of thioether (sulfide) groups is 1. The summed E-state index contributed by atoms with van der Waals surface area (Å²) >= 11 is 1.68. The lowest BCUT2D eigenvalue weighted by Gasteiger charge is -2.31. The quantitative estimate of drug-likeness (QED) is 0.147. The molecule has 0 aromatic rings. The van der Waals surface area contributed by atoms with Gasteiger partial charge in [0.2, 0.25) is 0 Å². The van der Waals surface area contributed by atoms with Gasteiger partial charge in [0.1, 0.15) is 17.6 Å². The first-order valence-electron chi connectivity index (χ1n) is 14.8. The van der Waals surface area contributed by atoms with E-state index in [0.29, 0.717) is 55.8 Å². The number of hydrogen-bond acceptors (Lipinski definition) is 6. The van der Waals surface area contributed by atoms with Crippen LogP contribution in [0, 0.1) is 23.7 Å².